The van der Waals surface area contributed by atoms with Crippen molar-refractivity contribution < 1.29 is 23.8 Å². The van der Waals surface area contributed by atoms with Crippen LogP contribution in [0.1, 0.15) is 71.3 Å². The van der Waals surface area contributed by atoms with Gasteiger partial charge in [-0.05, 0) is 61.1 Å². The second-order valence-corrected chi connectivity index (χ2v) is 17.3. The van der Waals surface area contributed by atoms with Crippen LogP contribution < -0.4 is 9.47 Å². The Morgan fingerprint density at radius 2 is 1.22 bits per heavy atom. The molecule has 0 unspecified atom stereocenters. The number of benzene rings is 5. The van der Waals surface area contributed by atoms with E-state index in [-0.39, 0.29) is 41.6 Å². The molecule has 1 aliphatic heterocycles. The molecule has 7 rings (SSSR count). The fraction of sp³-hybridized carbons (Fsp3) is 0.260. The normalized spacial score (nSPS) is 15.5. The van der Waals surface area contributed by atoms with Crippen LogP contribution in [0, 0.1) is 5.21 Å². The van der Waals surface area contributed by atoms with Crippen molar-refractivity contribution in [3.05, 3.63) is 209 Å². The van der Waals surface area contributed by atoms with Crippen molar-refractivity contribution in [3.8, 4) is 5.88 Å². The van der Waals surface area contributed by atoms with E-state index in [1.807, 2.05) is 96.9 Å². The SMILES string of the molecule is COc1ccc(C(=O)N(CC(c2ccccc2)c2ccccc2)C[C@H]2[C@@H](SC(c3ccccc3)(c3ccccc3)c3ccccc3)CCN2C(=O)OC(C)(C)C)c[n+]1[O-]. The summed E-state index contributed by atoms with van der Waals surface area (Å²) in [5.41, 5.74) is 4.90. The number of likely N-dealkylation sites (tertiary alicyclic amines) is 1. The van der Waals surface area contributed by atoms with Gasteiger partial charge in [-0.1, -0.05) is 152 Å². The first-order valence-electron chi connectivity index (χ1n) is 20.1. The maximum absolute atomic E-state index is 15.0. The molecule has 0 saturated carbocycles. The fourth-order valence-corrected chi connectivity index (χ4v) is 9.95. The number of carbonyl (C=O) groups excluding carboxylic acids is 2. The van der Waals surface area contributed by atoms with E-state index in [2.05, 4.69) is 97.1 Å². The van der Waals surface area contributed by atoms with Gasteiger partial charge in [-0.15, -0.1) is 16.5 Å². The van der Waals surface area contributed by atoms with Crippen molar-refractivity contribution in [1.82, 2.24) is 9.80 Å². The summed E-state index contributed by atoms with van der Waals surface area (Å²) in [7, 11) is 1.42. The molecule has 1 aromatic heterocycles. The van der Waals surface area contributed by atoms with E-state index < -0.39 is 22.5 Å². The molecule has 302 valence electrons. The summed E-state index contributed by atoms with van der Waals surface area (Å²) >= 11 is 1.82. The second-order valence-electron chi connectivity index (χ2n) is 15.8. The number of aromatic nitrogens is 1. The topological polar surface area (TPSA) is 86.0 Å². The minimum Gasteiger partial charge on any atom is -0.616 e. The van der Waals surface area contributed by atoms with Gasteiger partial charge in [-0.25, -0.2) is 4.79 Å². The molecule has 5 aromatic carbocycles. The first kappa shape index (κ1) is 41.1. The number of carbonyl (C=O) groups is 2. The first-order chi connectivity index (χ1) is 28.6. The Kier molecular flexibility index (Phi) is 12.7. The number of nitrogens with zero attached hydrogens (tertiary/aromatic N) is 3. The molecular formula is C50H51N3O5S. The lowest BCUT2D eigenvalue weighted by molar-refractivity contribution is -0.612. The van der Waals surface area contributed by atoms with Crippen LogP contribution in [-0.4, -0.2) is 65.4 Å². The highest BCUT2D eigenvalue weighted by Crippen LogP contribution is 2.53. The van der Waals surface area contributed by atoms with Crippen LogP contribution in [0.15, 0.2) is 170 Å². The molecular weight excluding hydrogens is 755 g/mol. The van der Waals surface area contributed by atoms with Crippen LogP contribution >= 0.6 is 11.8 Å². The Bertz CT molecular complexity index is 2150. The third-order valence-electron chi connectivity index (χ3n) is 10.8. The van der Waals surface area contributed by atoms with Crippen LogP contribution in [0.3, 0.4) is 0 Å². The number of methoxy groups -OCH3 is 1. The lowest BCUT2D eigenvalue weighted by Gasteiger charge is -2.41. The molecule has 0 spiro atoms. The zero-order valence-corrected chi connectivity index (χ0v) is 34.8. The van der Waals surface area contributed by atoms with Gasteiger partial charge in [0.15, 0.2) is 6.20 Å². The quantitative estimate of drug-likeness (QED) is 0.0657. The van der Waals surface area contributed by atoms with Crippen molar-refractivity contribution in [1.29, 1.82) is 0 Å². The smallest absolute Gasteiger partial charge is 0.410 e. The van der Waals surface area contributed by atoms with E-state index in [0.29, 0.717) is 17.7 Å². The average Bonchev–Trinajstić information content (AvgIpc) is 3.66. The van der Waals surface area contributed by atoms with Crippen molar-refractivity contribution in [2.24, 2.45) is 0 Å². The molecule has 6 aromatic rings. The maximum Gasteiger partial charge on any atom is 0.410 e. The predicted octanol–water partition coefficient (Wildman–Crippen LogP) is 9.71. The molecule has 0 aliphatic carbocycles. The highest BCUT2D eigenvalue weighted by molar-refractivity contribution is 8.01. The fourth-order valence-electron chi connectivity index (χ4n) is 8.07. The number of amides is 2. The predicted molar refractivity (Wildman–Crippen MR) is 235 cm³/mol. The second kappa shape index (κ2) is 18.2. The summed E-state index contributed by atoms with van der Waals surface area (Å²) in [6.45, 7) is 6.53. The summed E-state index contributed by atoms with van der Waals surface area (Å²) in [6.07, 6.45) is 1.51. The maximum atomic E-state index is 15.0. The summed E-state index contributed by atoms with van der Waals surface area (Å²) in [4.78, 5) is 33.0. The van der Waals surface area contributed by atoms with Gasteiger partial charge in [-0.2, -0.15) is 0 Å². The number of ether oxygens (including phenoxy) is 2. The lowest BCUT2D eigenvalue weighted by Crippen LogP contribution is -2.51. The standard InChI is InChI=1S/C50H51N3O5S/c1-49(2,3)58-48(55)52-33-32-45(59-50(40-24-14-7-15-25-40,41-26-16-8-17-27-41)42-28-18-9-19-29-42)44(52)36-51(47(54)39-30-31-46(57-4)53(56)34-39)35-43(37-20-10-5-11-21-37)38-22-12-6-13-23-38/h5-31,34,43-45H,32-33,35-36H2,1-4H3/t44-,45-/m0/s1. The van der Waals surface area contributed by atoms with E-state index in [0.717, 1.165) is 27.8 Å². The van der Waals surface area contributed by atoms with Gasteiger partial charge in [0.2, 0.25) is 0 Å². The Hall–Kier alpha value is -6.06. The summed E-state index contributed by atoms with van der Waals surface area (Å²) in [5, 5.41) is 12.9. The number of hydrogen-bond acceptors (Lipinski definition) is 6. The van der Waals surface area contributed by atoms with Crippen LogP contribution in [0.4, 0.5) is 4.79 Å². The van der Waals surface area contributed by atoms with E-state index in [4.69, 9.17) is 9.47 Å². The van der Waals surface area contributed by atoms with Gasteiger partial charge in [-0.3, -0.25) is 4.79 Å². The van der Waals surface area contributed by atoms with Crippen molar-refractivity contribution in [2.75, 3.05) is 26.7 Å². The van der Waals surface area contributed by atoms with Crippen LogP contribution in [-0.2, 0) is 9.48 Å². The Balaban J connectivity index is 1.37. The number of hydrogen-bond donors (Lipinski definition) is 0. The zero-order chi connectivity index (χ0) is 41.4. The van der Waals surface area contributed by atoms with Crippen LogP contribution in [0.2, 0.25) is 0 Å². The molecule has 0 N–H and O–H groups in total. The first-order valence-corrected chi connectivity index (χ1v) is 21.0. The lowest BCUT2D eigenvalue weighted by atomic mass is 9.84. The van der Waals surface area contributed by atoms with Gasteiger partial charge in [0.05, 0.1) is 24.0 Å². The highest BCUT2D eigenvalue weighted by Gasteiger charge is 2.47. The minimum atomic E-state index is -0.735. The third-order valence-corrected chi connectivity index (χ3v) is 12.7. The Morgan fingerprint density at radius 1 is 0.746 bits per heavy atom. The molecule has 2 atom stereocenters. The van der Waals surface area contributed by atoms with Gasteiger partial charge in [0, 0.05) is 30.8 Å². The number of thioether (sulfide) groups is 1. The van der Waals surface area contributed by atoms with Crippen molar-refractivity contribution in [3.63, 3.8) is 0 Å². The minimum absolute atomic E-state index is 0.0852. The van der Waals surface area contributed by atoms with Crippen LogP contribution in [0.5, 0.6) is 5.88 Å². The molecule has 0 bridgehead atoms. The number of rotatable bonds is 13. The molecule has 1 aliphatic rings. The van der Waals surface area contributed by atoms with Crippen LogP contribution in [0.25, 0.3) is 0 Å². The van der Waals surface area contributed by atoms with Gasteiger partial charge in [0.25, 0.3) is 5.91 Å². The summed E-state index contributed by atoms with van der Waals surface area (Å²) in [6, 6.07) is 54.5. The molecule has 59 heavy (non-hydrogen) atoms. The Morgan fingerprint density at radius 3 is 1.66 bits per heavy atom. The average molecular weight is 806 g/mol. The molecule has 1 saturated heterocycles. The molecule has 1 fully saturated rings. The summed E-state index contributed by atoms with van der Waals surface area (Å²) < 4.78 is 11.2. The van der Waals surface area contributed by atoms with Crippen molar-refractivity contribution >= 4 is 23.8 Å². The van der Waals surface area contributed by atoms with Gasteiger partial charge in [0.1, 0.15) is 11.2 Å². The van der Waals surface area contributed by atoms with E-state index in [1.165, 1.54) is 19.4 Å². The highest BCUT2D eigenvalue weighted by atomic mass is 32.2. The largest absolute Gasteiger partial charge is 0.616 e. The molecule has 0 radical (unpaired) electrons. The van der Waals surface area contributed by atoms with Crippen molar-refractivity contribution in [2.45, 2.75) is 54.7 Å². The van der Waals surface area contributed by atoms with Gasteiger partial charge >= 0.3 is 12.0 Å². The van der Waals surface area contributed by atoms with E-state index in [1.54, 1.807) is 6.07 Å². The molecule has 8 nitrogen and oxygen atoms in total. The van der Waals surface area contributed by atoms with Gasteiger partial charge < -0.3 is 24.5 Å². The Labute approximate surface area is 352 Å². The molecule has 9 heteroatoms. The monoisotopic (exact) mass is 805 g/mol. The molecule has 2 heterocycles. The molecule has 2 amide bonds. The number of pyridine rings is 1. The summed E-state index contributed by atoms with van der Waals surface area (Å²) in [5.74, 6) is -0.449. The van der Waals surface area contributed by atoms with E-state index >= 15 is 4.79 Å². The third kappa shape index (κ3) is 9.31. The zero-order valence-electron chi connectivity index (χ0n) is 34.0. The van der Waals surface area contributed by atoms with E-state index in [9.17, 15) is 10.0 Å².